The Morgan fingerprint density at radius 2 is 1.82 bits per heavy atom. The van der Waals surface area contributed by atoms with Crippen LogP contribution in [-0.4, -0.2) is 26.4 Å². The Bertz CT molecular complexity index is 658. The van der Waals surface area contributed by atoms with Crippen molar-refractivity contribution in [2.45, 2.75) is 11.4 Å². The summed E-state index contributed by atoms with van der Waals surface area (Å²) in [6.07, 6.45) is 1.96. The minimum Gasteiger partial charge on any atom is -0.493 e. The SMILES string of the molecule is COc1ccc(CNC(=O)c2ccccc2SC)cc1OC. The Morgan fingerprint density at radius 1 is 1.09 bits per heavy atom. The van der Waals surface area contributed by atoms with Crippen molar-refractivity contribution in [1.82, 2.24) is 5.32 Å². The van der Waals surface area contributed by atoms with Gasteiger partial charge in [-0.25, -0.2) is 0 Å². The third kappa shape index (κ3) is 3.74. The van der Waals surface area contributed by atoms with E-state index in [9.17, 15) is 4.79 Å². The maximum atomic E-state index is 12.3. The number of methoxy groups -OCH3 is 2. The second-order valence-electron chi connectivity index (χ2n) is 4.57. The van der Waals surface area contributed by atoms with Gasteiger partial charge in [0.15, 0.2) is 11.5 Å². The molecule has 2 aromatic rings. The molecule has 0 aliphatic rings. The van der Waals surface area contributed by atoms with Gasteiger partial charge in [-0.2, -0.15) is 0 Å². The Balaban J connectivity index is 2.08. The van der Waals surface area contributed by atoms with Crippen LogP contribution in [-0.2, 0) is 6.54 Å². The van der Waals surface area contributed by atoms with Crippen molar-refractivity contribution in [3.63, 3.8) is 0 Å². The first kappa shape index (κ1) is 16.2. The Morgan fingerprint density at radius 3 is 2.50 bits per heavy atom. The highest BCUT2D eigenvalue weighted by Gasteiger charge is 2.10. The number of ether oxygens (including phenoxy) is 2. The van der Waals surface area contributed by atoms with Gasteiger partial charge >= 0.3 is 0 Å². The molecule has 2 aromatic carbocycles. The minimum atomic E-state index is -0.0836. The molecular weight excluding hydrogens is 298 g/mol. The Kier molecular flexibility index (Phi) is 5.72. The van der Waals surface area contributed by atoms with Crippen LogP contribution in [0.2, 0.25) is 0 Å². The van der Waals surface area contributed by atoms with Crippen LogP contribution < -0.4 is 14.8 Å². The molecule has 4 nitrogen and oxygen atoms in total. The van der Waals surface area contributed by atoms with Gasteiger partial charge in [-0.1, -0.05) is 18.2 Å². The first-order valence-electron chi connectivity index (χ1n) is 6.81. The molecule has 0 aliphatic carbocycles. The molecule has 22 heavy (non-hydrogen) atoms. The van der Waals surface area contributed by atoms with E-state index in [2.05, 4.69) is 5.32 Å². The highest BCUT2D eigenvalue weighted by atomic mass is 32.2. The number of carbonyl (C=O) groups excluding carboxylic acids is 1. The largest absolute Gasteiger partial charge is 0.493 e. The molecule has 2 rings (SSSR count). The number of carbonyl (C=O) groups is 1. The van der Waals surface area contributed by atoms with Gasteiger partial charge in [0.25, 0.3) is 5.91 Å². The molecule has 0 aliphatic heterocycles. The van der Waals surface area contributed by atoms with Crippen molar-refractivity contribution in [2.75, 3.05) is 20.5 Å². The van der Waals surface area contributed by atoms with Crippen LogP contribution >= 0.6 is 11.8 Å². The fourth-order valence-electron chi connectivity index (χ4n) is 2.10. The predicted molar refractivity (Wildman–Crippen MR) is 88.9 cm³/mol. The molecule has 0 atom stereocenters. The zero-order valence-corrected chi connectivity index (χ0v) is 13.7. The first-order valence-corrected chi connectivity index (χ1v) is 8.04. The number of hydrogen-bond donors (Lipinski definition) is 1. The van der Waals surface area contributed by atoms with E-state index >= 15 is 0 Å². The topological polar surface area (TPSA) is 47.6 Å². The molecule has 0 aromatic heterocycles. The van der Waals surface area contributed by atoms with Crippen LogP contribution in [0.15, 0.2) is 47.4 Å². The van der Waals surface area contributed by atoms with E-state index in [4.69, 9.17) is 9.47 Å². The summed E-state index contributed by atoms with van der Waals surface area (Å²) in [5.74, 6) is 1.24. The summed E-state index contributed by atoms with van der Waals surface area (Å²) in [6.45, 7) is 0.432. The summed E-state index contributed by atoms with van der Waals surface area (Å²) >= 11 is 1.56. The summed E-state index contributed by atoms with van der Waals surface area (Å²) < 4.78 is 10.5. The normalized spacial score (nSPS) is 10.1. The molecule has 0 bridgehead atoms. The van der Waals surface area contributed by atoms with Crippen molar-refractivity contribution in [1.29, 1.82) is 0 Å². The molecule has 5 heteroatoms. The van der Waals surface area contributed by atoms with Gasteiger partial charge in [0.1, 0.15) is 0 Å². The molecular formula is C17H19NO3S. The average Bonchev–Trinajstić information content (AvgIpc) is 2.59. The van der Waals surface area contributed by atoms with Crippen molar-refractivity contribution in [2.24, 2.45) is 0 Å². The van der Waals surface area contributed by atoms with Crippen LogP contribution in [0.3, 0.4) is 0 Å². The van der Waals surface area contributed by atoms with Crippen LogP contribution in [0.1, 0.15) is 15.9 Å². The summed E-state index contributed by atoms with van der Waals surface area (Å²) in [4.78, 5) is 13.3. The second kappa shape index (κ2) is 7.75. The maximum Gasteiger partial charge on any atom is 0.252 e. The van der Waals surface area contributed by atoms with Gasteiger partial charge in [-0.15, -0.1) is 11.8 Å². The molecule has 1 N–H and O–H groups in total. The van der Waals surface area contributed by atoms with E-state index in [1.165, 1.54) is 0 Å². The maximum absolute atomic E-state index is 12.3. The number of amides is 1. The smallest absolute Gasteiger partial charge is 0.252 e. The van der Waals surface area contributed by atoms with Gasteiger partial charge in [0.2, 0.25) is 0 Å². The van der Waals surface area contributed by atoms with Crippen LogP contribution in [0.4, 0.5) is 0 Å². The van der Waals surface area contributed by atoms with E-state index in [-0.39, 0.29) is 5.91 Å². The quantitative estimate of drug-likeness (QED) is 0.830. The fraction of sp³-hybridized carbons (Fsp3) is 0.235. The molecule has 0 saturated heterocycles. The fourth-order valence-corrected chi connectivity index (χ4v) is 2.70. The summed E-state index contributed by atoms with van der Waals surface area (Å²) in [5, 5.41) is 2.93. The Labute approximate surface area is 134 Å². The van der Waals surface area contributed by atoms with Crippen molar-refractivity contribution in [3.8, 4) is 11.5 Å². The first-order chi connectivity index (χ1) is 10.7. The molecule has 0 spiro atoms. The van der Waals surface area contributed by atoms with Crippen molar-refractivity contribution in [3.05, 3.63) is 53.6 Å². The average molecular weight is 317 g/mol. The lowest BCUT2D eigenvalue weighted by molar-refractivity contribution is 0.0948. The second-order valence-corrected chi connectivity index (χ2v) is 5.42. The zero-order chi connectivity index (χ0) is 15.9. The number of benzene rings is 2. The van der Waals surface area contributed by atoms with E-state index in [1.54, 1.807) is 26.0 Å². The number of rotatable bonds is 6. The molecule has 0 saturated carbocycles. The standard InChI is InChI=1S/C17H19NO3S/c1-20-14-9-8-12(10-15(14)21-2)11-18-17(19)13-6-4-5-7-16(13)22-3/h4-10H,11H2,1-3H3,(H,18,19). The lowest BCUT2D eigenvalue weighted by Crippen LogP contribution is -2.23. The highest BCUT2D eigenvalue weighted by molar-refractivity contribution is 7.98. The molecule has 0 radical (unpaired) electrons. The zero-order valence-electron chi connectivity index (χ0n) is 12.9. The summed E-state index contributed by atoms with van der Waals surface area (Å²) in [5.41, 5.74) is 1.64. The molecule has 0 heterocycles. The van der Waals surface area contributed by atoms with Crippen molar-refractivity contribution >= 4 is 17.7 Å². The number of thioether (sulfide) groups is 1. The van der Waals surface area contributed by atoms with Gasteiger partial charge < -0.3 is 14.8 Å². The summed E-state index contributed by atoms with van der Waals surface area (Å²) in [6, 6.07) is 13.2. The minimum absolute atomic E-state index is 0.0836. The molecule has 0 fully saturated rings. The van der Waals surface area contributed by atoms with Crippen LogP contribution in [0.25, 0.3) is 0 Å². The lowest BCUT2D eigenvalue weighted by Gasteiger charge is -2.11. The van der Waals surface area contributed by atoms with Gasteiger partial charge in [0.05, 0.1) is 19.8 Å². The molecule has 1 amide bonds. The van der Waals surface area contributed by atoms with E-state index < -0.39 is 0 Å². The molecule has 0 unspecified atom stereocenters. The van der Waals surface area contributed by atoms with E-state index in [0.29, 0.717) is 23.6 Å². The Hall–Kier alpha value is -2.14. The van der Waals surface area contributed by atoms with E-state index in [0.717, 1.165) is 10.5 Å². The number of nitrogens with one attached hydrogen (secondary N) is 1. The lowest BCUT2D eigenvalue weighted by atomic mass is 10.1. The third-order valence-corrected chi connectivity index (χ3v) is 4.05. The number of hydrogen-bond acceptors (Lipinski definition) is 4. The van der Waals surface area contributed by atoms with Gasteiger partial charge in [0, 0.05) is 11.4 Å². The summed E-state index contributed by atoms with van der Waals surface area (Å²) in [7, 11) is 3.19. The highest BCUT2D eigenvalue weighted by Crippen LogP contribution is 2.27. The van der Waals surface area contributed by atoms with Gasteiger partial charge in [-0.05, 0) is 36.1 Å². The molecule has 116 valence electrons. The van der Waals surface area contributed by atoms with Crippen molar-refractivity contribution < 1.29 is 14.3 Å². The van der Waals surface area contributed by atoms with Crippen LogP contribution in [0, 0.1) is 0 Å². The van der Waals surface area contributed by atoms with E-state index in [1.807, 2.05) is 48.7 Å². The third-order valence-electron chi connectivity index (χ3n) is 3.25. The monoisotopic (exact) mass is 317 g/mol. The van der Waals surface area contributed by atoms with Crippen LogP contribution in [0.5, 0.6) is 11.5 Å². The van der Waals surface area contributed by atoms with Gasteiger partial charge in [-0.3, -0.25) is 4.79 Å². The predicted octanol–water partition coefficient (Wildman–Crippen LogP) is 3.36.